The van der Waals surface area contributed by atoms with E-state index in [9.17, 15) is 9.59 Å². The Hall–Kier alpha value is -1.59. The predicted octanol–water partition coefficient (Wildman–Crippen LogP) is 2.42. The molecule has 0 saturated carbocycles. The standard InChI is InChI=1S/C14H16ClNO4/c1-9-8-12(10(2)7-11(9)15)19-5-6-20-16-13(17)3-4-14(16)18/h7-8H,3-6H2,1-2H3. The Labute approximate surface area is 122 Å². The quantitative estimate of drug-likeness (QED) is 0.619. The molecule has 0 atom stereocenters. The topological polar surface area (TPSA) is 55.8 Å². The summed E-state index contributed by atoms with van der Waals surface area (Å²) in [6.07, 6.45) is 0.435. The number of hydrogen-bond acceptors (Lipinski definition) is 4. The van der Waals surface area contributed by atoms with Crippen molar-refractivity contribution in [2.45, 2.75) is 26.7 Å². The van der Waals surface area contributed by atoms with Gasteiger partial charge >= 0.3 is 0 Å². The molecule has 2 rings (SSSR count). The third-order valence-corrected chi connectivity index (χ3v) is 3.43. The summed E-state index contributed by atoms with van der Waals surface area (Å²) in [6.45, 7) is 4.18. The van der Waals surface area contributed by atoms with Crippen molar-refractivity contribution in [2.24, 2.45) is 0 Å². The number of halogens is 1. The van der Waals surface area contributed by atoms with Gasteiger partial charge < -0.3 is 4.74 Å². The van der Waals surface area contributed by atoms with Crippen LogP contribution in [0.15, 0.2) is 12.1 Å². The lowest BCUT2D eigenvalue weighted by Crippen LogP contribution is -2.31. The van der Waals surface area contributed by atoms with E-state index in [-0.39, 0.29) is 37.9 Å². The minimum absolute atomic E-state index is 0.137. The molecule has 0 aliphatic carbocycles. The smallest absolute Gasteiger partial charge is 0.253 e. The van der Waals surface area contributed by atoms with E-state index in [1.165, 1.54) is 0 Å². The van der Waals surface area contributed by atoms with Crippen LogP contribution in [0, 0.1) is 13.8 Å². The van der Waals surface area contributed by atoms with Crippen LogP contribution >= 0.6 is 11.6 Å². The number of imide groups is 1. The predicted molar refractivity (Wildman–Crippen MR) is 73.5 cm³/mol. The number of benzene rings is 1. The van der Waals surface area contributed by atoms with Crippen LogP contribution in [-0.2, 0) is 14.4 Å². The number of ether oxygens (including phenoxy) is 1. The molecule has 5 nitrogen and oxygen atoms in total. The molecule has 6 heteroatoms. The van der Waals surface area contributed by atoms with Gasteiger partial charge in [-0.05, 0) is 37.1 Å². The average molecular weight is 298 g/mol. The number of hydroxylamine groups is 2. The van der Waals surface area contributed by atoms with Gasteiger partial charge in [0, 0.05) is 17.9 Å². The number of rotatable bonds is 5. The summed E-state index contributed by atoms with van der Waals surface area (Å²) in [6, 6.07) is 3.68. The van der Waals surface area contributed by atoms with Crippen molar-refractivity contribution in [3.8, 4) is 5.75 Å². The highest BCUT2D eigenvalue weighted by Gasteiger charge is 2.30. The zero-order valence-electron chi connectivity index (χ0n) is 11.4. The Kier molecular flexibility index (Phi) is 4.62. The van der Waals surface area contributed by atoms with Gasteiger partial charge in [0.2, 0.25) is 0 Å². The molecular weight excluding hydrogens is 282 g/mol. The first-order valence-electron chi connectivity index (χ1n) is 6.37. The zero-order chi connectivity index (χ0) is 14.7. The molecule has 1 saturated heterocycles. The molecule has 1 aromatic rings. The van der Waals surface area contributed by atoms with Gasteiger partial charge in [0.1, 0.15) is 19.0 Å². The third kappa shape index (κ3) is 3.29. The minimum Gasteiger partial charge on any atom is -0.491 e. The van der Waals surface area contributed by atoms with Crippen molar-refractivity contribution >= 4 is 23.4 Å². The van der Waals surface area contributed by atoms with Crippen molar-refractivity contribution in [1.29, 1.82) is 0 Å². The van der Waals surface area contributed by atoms with Crippen molar-refractivity contribution < 1.29 is 19.2 Å². The summed E-state index contributed by atoms with van der Waals surface area (Å²) < 4.78 is 5.57. The van der Waals surface area contributed by atoms with E-state index in [1.807, 2.05) is 26.0 Å². The van der Waals surface area contributed by atoms with Crippen molar-refractivity contribution in [1.82, 2.24) is 5.06 Å². The second-order valence-electron chi connectivity index (χ2n) is 4.63. The van der Waals surface area contributed by atoms with Gasteiger partial charge in [0.15, 0.2) is 0 Å². The van der Waals surface area contributed by atoms with Crippen molar-refractivity contribution in [3.05, 3.63) is 28.3 Å². The van der Waals surface area contributed by atoms with Gasteiger partial charge in [-0.2, -0.15) is 5.06 Å². The van der Waals surface area contributed by atoms with Crippen LogP contribution < -0.4 is 4.74 Å². The molecule has 0 N–H and O–H groups in total. The van der Waals surface area contributed by atoms with Gasteiger partial charge in [-0.15, -0.1) is 0 Å². The van der Waals surface area contributed by atoms with Crippen LogP contribution in [0.3, 0.4) is 0 Å². The Morgan fingerprint density at radius 1 is 1.10 bits per heavy atom. The normalized spacial score (nSPS) is 15.1. The highest BCUT2D eigenvalue weighted by Crippen LogP contribution is 2.25. The monoisotopic (exact) mass is 297 g/mol. The summed E-state index contributed by atoms with van der Waals surface area (Å²) in [4.78, 5) is 27.7. The number of nitrogens with zero attached hydrogens (tertiary/aromatic N) is 1. The zero-order valence-corrected chi connectivity index (χ0v) is 12.2. The van der Waals surface area contributed by atoms with Crippen molar-refractivity contribution in [2.75, 3.05) is 13.2 Å². The maximum absolute atomic E-state index is 11.3. The first kappa shape index (κ1) is 14.8. The van der Waals surface area contributed by atoms with E-state index >= 15 is 0 Å². The van der Waals surface area contributed by atoms with Gasteiger partial charge in [-0.3, -0.25) is 14.4 Å². The Morgan fingerprint density at radius 3 is 2.40 bits per heavy atom. The first-order valence-corrected chi connectivity index (χ1v) is 6.75. The fraction of sp³-hybridized carbons (Fsp3) is 0.429. The van der Waals surface area contributed by atoms with Crippen LogP contribution in [0.1, 0.15) is 24.0 Å². The molecule has 0 bridgehead atoms. The van der Waals surface area contributed by atoms with Gasteiger partial charge in [-0.25, -0.2) is 0 Å². The van der Waals surface area contributed by atoms with Crippen LogP contribution in [0.4, 0.5) is 0 Å². The number of carbonyl (C=O) groups is 2. The highest BCUT2D eigenvalue weighted by molar-refractivity contribution is 6.31. The fourth-order valence-corrected chi connectivity index (χ4v) is 2.11. The number of carbonyl (C=O) groups excluding carboxylic acids is 2. The molecule has 0 unspecified atom stereocenters. The molecule has 108 valence electrons. The Bertz CT molecular complexity index is 528. The molecule has 0 spiro atoms. The lowest BCUT2D eigenvalue weighted by Gasteiger charge is -2.14. The lowest BCUT2D eigenvalue weighted by molar-refractivity contribution is -0.189. The summed E-state index contributed by atoms with van der Waals surface area (Å²) in [5.74, 6) is 0.122. The maximum Gasteiger partial charge on any atom is 0.253 e. The molecule has 1 aliphatic rings. The SMILES string of the molecule is Cc1cc(OCCON2C(=O)CCC2=O)c(C)cc1Cl. The van der Waals surface area contributed by atoms with Crippen LogP contribution in [-0.4, -0.2) is 30.1 Å². The second kappa shape index (κ2) is 6.24. The summed E-state index contributed by atoms with van der Waals surface area (Å²) >= 11 is 6.00. The number of hydrogen-bond donors (Lipinski definition) is 0. The highest BCUT2D eigenvalue weighted by atomic mass is 35.5. The molecule has 1 aromatic carbocycles. The Balaban J connectivity index is 1.83. The summed E-state index contributed by atoms with van der Waals surface area (Å²) in [5.41, 5.74) is 1.85. The van der Waals surface area contributed by atoms with E-state index in [2.05, 4.69) is 0 Å². The van der Waals surface area contributed by atoms with Gasteiger partial charge in [0.05, 0.1) is 0 Å². The van der Waals surface area contributed by atoms with E-state index in [0.717, 1.165) is 21.9 Å². The molecule has 1 aliphatic heterocycles. The third-order valence-electron chi connectivity index (χ3n) is 3.02. The van der Waals surface area contributed by atoms with Gasteiger partial charge in [-0.1, -0.05) is 11.6 Å². The largest absolute Gasteiger partial charge is 0.491 e. The summed E-state index contributed by atoms with van der Waals surface area (Å²) in [5, 5.41) is 1.52. The number of amides is 2. The van der Waals surface area contributed by atoms with Gasteiger partial charge in [0.25, 0.3) is 11.8 Å². The van der Waals surface area contributed by atoms with Crippen LogP contribution in [0.5, 0.6) is 5.75 Å². The molecular formula is C14H16ClNO4. The van der Waals surface area contributed by atoms with Crippen LogP contribution in [0.2, 0.25) is 5.02 Å². The molecule has 0 radical (unpaired) electrons. The molecule has 0 aromatic heterocycles. The first-order chi connectivity index (χ1) is 9.49. The number of aryl methyl sites for hydroxylation is 2. The molecule has 1 heterocycles. The van der Waals surface area contributed by atoms with Crippen LogP contribution in [0.25, 0.3) is 0 Å². The summed E-state index contributed by atoms with van der Waals surface area (Å²) in [7, 11) is 0. The van der Waals surface area contributed by atoms with E-state index in [0.29, 0.717) is 5.02 Å². The van der Waals surface area contributed by atoms with E-state index in [1.54, 1.807) is 0 Å². The van der Waals surface area contributed by atoms with Crippen molar-refractivity contribution in [3.63, 3.8) is 0 Å². The maximum atomic E-state index is 11.3. The van der Waals surface area contributed by atoms with E-state index in [4.69, 9.17) is 21.2 Å². The van der Waals surface area contributed by atoms with E-state index < -0.39 is 0 Å². The molecule has 1 fully saturated rings. The molecule has 20 heavy (non-hydrogen) atoms. The molecule has 2 amide bonds. The second-order valence-corrected chi connectivity index (χ2v) is 5.04. The fourth-order valence-electron chi connectivity index (χ4n) is 1.89. The Morgan fingerprint density at radius 2 is 1.75 bits per heavy atom. The lowest BCUT2D eigenvalue weighted by atomic mass is 10.1. The average Bonchev–Trinajstić information content (AvgIpc) is 2.71. The minimum atomic E-state index is -0.298.